The Morgan fingerprint density at radius 2 is 1.26 bits per heavy atom. The van der Waals surface area contributed by atoms with Gasteiger partial charge in [-0.2, -0.15) is 0 Å². The Bertz CT molecular complexity index is 3470. The molecule has 10 aromatic rings. The molecule has 1 aliphatic heterocycles. The van der Waals surface area contributed by atoms with E-state index in [-0.39, 0.29) is 12.0 Å². The molecule has 2 aromatic heterocycles. The summed E-state index contributed by atoms with van der Waals surface area (Å²) in [5.41, 5.74) is 11.7. The Morgan fingerprint density at radius 3 is 2.08 bits per heavy atom. The monoisotopic (exact) mass is 799 g/mol. The van der Waals surface area contributed by atoms with Crippen LogP contribution >= 0.6 is 11.3 Å². The maximum absolute atomic E-state index is 5.66. The van der Waals surface area contributed by atoms with E-state index < -0.39 is 0 Å². The van der Waals surface area contributed by atoms with Crippen LogP contribution in [0, 0.1) is 5.92 Å². The SMILES string of the molecule is CC1C(c2cccc(-c3ccccc3)c2)=NC(c2cc(-n3c4ccccc4c4cc5ccccc5cc43)c3c(c2)sc2ccccc23)=NC1C1=CCC(c2ccccc2)C=C1. The molecule has 4 heteroatoms. The topological polar surface area (TPSA) is 29.6 Å². The molecule has 3 nitrogen and oxygen atoms in total. The number of benzene rings is 8. The summed E-state index contributed by atoms with van der Waals surface area (Å²) in [5, 5.41) is 7.49. The van der Waals surface area contributed by atoms with Crippen LogP contribution in [-0.4, -0.2) is 22.2 Å². The summed E-state index contributed by atoms with van der Waals surface area (Å²) in [6.07, 6.45) is 8.07. The van der Waals surface area contributed by atoms with Crippen LogP contribution < -0.4 is 0 Å². The van der Waals surface area contributed by atoms with Crippen LogP contribution in [0.4, 0.5) is 0 Å². The highest BCUT2D eigenvalue weighted by Gasteiger charge is 2.32. The van der Waals surface area contributed by atoms with Gasteiger partial charge in [-0.05, 0) is 87.5 Å². The zero-order valence-electron chi connectivity index (χ0n) is 33.7. The Labute approximate surface area is 359 Å². The van der Waals surface area contributed by atoms with Crippen LogP contribution in [0.15, 0.2) is 216 Å². The molecule has 0 N–H and O–H groups in total. The highest BCUT2D eigenvalue weighted by Crippen LogP contribution is 2.43. The van der Waals surface area contributed by atoms with E-state index in [1.165, 1.54) is 75.0 Å². The molecule has 0 amide bonds. The van der Waals surface area contributed by atoms with E-state index >= 15 is 0 Å². The van der Waals surface area contributed by atoms with Crippen LogP contribution in [0.1, 0.15) is 36.0 Å². The van der Waals surface area contributed by atoms with Gasteiger partial charge in [-0.25, -0.2) is 4.99 Å². The summed E-state index contributed by atoms with van der Waals surface area (Å²) in [5.74, 6) is 1.18. The van der Waals surface area contributed by atoms with Gasteiger partial charge < -0.3 is 4.57 Å². The molecule has 8 aromatic carbocycles. The number of para-hydroxylation sites is 1. The molecule has 3 unspecified atom stereocenters. The lowest BCUT2D eigenvalue weighted by Crippen LogP contribution is -2.32. The van der Waals surface area contributed by atoms with E-state index in [4.69, 9.17) is 9.98 Å². The minimum Gasteiger partial charge on any atom is -0.309 e. The zero-order valence-corrected chi connectivity index (χ0v) is 34.6. The summed E-state index contributed by atoms with van der Waals surface area (Å²) in [6.45, 7) is 2.31. The van der Waals surface area contributed by atoms with E-state index in [9.17, 15) is 0 Å². The summed E-state index contributed by atoms with van der Waals surface area (Å²) in [7, 11) is 0. The van der Waals surface area contributed by atoms with E-state index in [1.807, 2.05) is 11.3 Å². The van der Waals surface area contributed by atoms with Gasteiger partial charge in [0.2, 0.25) is 0 Å². The number of fused-ring (bicyclic) bond motifs is 7. The average Bonchev–Trinajstić information content (AvgIpc) is 3.86. The summed E-state index contributed by atoms with van der Waals surface area (Å²) < 4.78 is 4.99. The third kappa shape index (κ3) is 6.09. The van der Waals surface area contributed by atoms with Gasteiger partial charge in [-0.3, -0.25) is 4.99 Å². The highest BCUT2D eigenvalue weighted by molar-refractivity contribution is 7.26. The molecule has 0 bridgehead atoms. The number of aromatic nitrogens is 1. The number of thiophene rings is 1. The van der Waals surface area contributed by atoms with Crippen LogP contribution in [-0.2, 0) is 0 Å². The average molecular weight is 800 g/mol. The molecule has 3 atom stereocenters. The van der Waals surface area contributed by atoms with Crippen molar-refractivity contribution in [3.63, 3.8) is 0 Å². The number of amidine groups is 1. The molecule has 0 saturated carbocycles. The molecule has 1 aliphatic carbocycles. The van der Waals surface area contributed by atoms with Crippen molar-refractivity contribution in [3.05, 3.63) is 222 Å². The van der Waals surface area contributed by atoms with Crippen molar-refractivity contribution in [2.45, 2.75) is 25.3 Å². The molecule has 0 spiro atoms. The summed E-state index contributed by atoms with van der Waals surface area (Å²) in [4.78, 5) is 11.3. The fourth-order valence-electron chi connectivity index (χ4n) is 9.81. The maximum Gasteiger partial charge on any atom is 0.155 e. The quantitative estimate of drug-likeness (QED) is 0.160. The molecule has 61 heavy (non-hydrogen) atoms. The van der Waals surface area contributed by atoms with Crippen LogP contribution in [0.25, 0.3) is 69.6 Å². The number of rotatable bonds is 6. The van der Waals surface area contributed by atoms with Crippen molar-refractivity contribution in [1.82, 2.24) is 4.57 Å². The van der Waals surface area contributed by atoms with Gasteiger partial charge in [-0.15, -0.1) is 11.3 Å². The molecule has 290 valence electrons. The molecule has 3 heterocycles. The first kappa shape index (κ1) is 35.8. The molecule has 0 radical (unpaired) electrons. The van der Waals surface area contributed by atoms with E-state index in [1.54, 1.807) is 0 Å². The minimum absolute atomic E-state index is 0.0529. The van der Waals surface area contributed by atoms with Crippen LogP contribution in [0.3, 0.4) is 0 Å². The lowest BCUT2D eigenvalue weighted by molar-refractivity contribution is 0.631. The van der Waals surface area contributed by atoms with Gasteiger partial charge in [0.25, 0.3) is 0 Å². The Kier molecular flexibility index (Phi) is 8.53. The summed E-state index contributed by atoms with van der Waals surface area (Å²) in [6, 6.07) is 66.1. The first-order valence-electron chi connectivity index (χ1n) is 21.3. The second-order valence-corrected chi connectivity index (χ2v) is 17.6. The van der Waals surface area contributed by atoms with Crippen molar-refractivity contribution in [2.24, 2.45) is 15.9 Å². The largest absolute Gasteiger partial charge is 0.309 e. The first-order valence-corrected chi connectivity index (χ1v) is 22.1. The Morgan fingerprint density at radius 1 is 0.557 bits per heavy atom. The second kappa shape index (κ2) is 14.5. The molecule has 0 saturated heterocycles. The zero-order chi connectivity index (χ0) is 40.4. The number of nitrogens with zero attached hydrogens (tertiary/aromatic N) is 3. The Balaban J connectivity index is 1.09. The van der Waals surface area contributed by atoms with E-state index in [0.717, 1.165) is 34.8 Å². The van der Waals surface area contributed by atoms with Crippen molar-refractivity contribution >= 4 is 75.6 Å². The van der Waals surface area contributed by atoms with Gasteiger partial charge in [0.15, 0.2) is 5.84 Å². The maximum atomic E-state index is 5.66. The standard InChI is InChI=1S/C57H41N3S/c1-36-55(40-29-27-39(28-30-40)37-15-4-2-5-16-37)58-57(59-56(36)44-22-14-21-41(31-44)38-17-6-3-7-18-38)45-34-51(54-47-24-11-13-26-52(47)61-53(54)35-45)60-49-25-12-10-23-46(49)48-32-42-19-8-9-20-43(42)33-50(48)60/h2-27,29-36,39,55H,28H2,1H3. The van der Waals surface area contributed by atoms with Gasteiger partial charge in [-0.1, -0.05) is 165 Å². The number of allylic oxidation sites excluding steroid dienone is 2. The van der Waals surface area contributed by atoms with Gasteiger partial charge >= 0.3 is 0 Å². The van der Waals surface area contributed by atoms with Gasteiger partial charge in [0.1, 0.15) is 0 Å². The normalized spacial score (nSPS) is 17.9. The number of hydrogen-bond acceptors (Lipinski definition) is 3. The third-order valence-electron chi connectivity index (χ3n) is 12.9. The fraction of sp³-hybridized carbons (Fsp3) is 0.0877. The van der Waals surface area contributed by atoms with Crippen LogP contribution in [0.2, 0.25) is 0 Å². The smallest absolute Gasteiger partial charge is 0.155 e. The van der Waals surface area contributed by atoms with Crippen LogP contribution in [0.5, 0.6) is 0 Å². The fourth-order valence-corrected chi connectivity index (χ4v) is 11.0. The molecule has 2 aliphatic rings. The van der Waals surface area contributed by atoms with Crippen molar-refractivity contribution < 1.29 is 0 Å². The first-order chi connectivity index (χ1) is 30.1. The van der Waals surface area contributed by atoms with Gasteiger partial charge in [0.05, 0.1) is 28.5 Å². The van der Waals surface area contributed by atoms with Gasteiger partial charge in [0, 0.05) is 48.3 Å². The molecule has 0 fully saturated rings. The number of hydrogen-bond donors (Lipinski definition) is 0. The van der Waals surface area contributed by atoms with E-state index in [0.29, 0.717) is 5.92 Å². The van der Waals surface area contributed by atoms with Crippen molar-refractivity contribution in [1.29, 1.82) is 0 Å². The highest BCUT2D eigenvalue weighted by atomic mass is 32.1. The molecular weight excluding hydrogens is 759 g/mol. The van der Waals surface area contributed by atoms with Crippen molar-refractivity contribution in [2.75, 3.05) is 0 Å². The lowest BCUT2D eigenvalue weighted by Gasteiger charge is -2.30. The van der Waals surface area contributed by atoms with Crippen molar-refractivity contribution in [3.8, 4) is 16.8 Å². The molecule has 12 rings (SSSR count). The molecular formula is C57H41N3S. The minimum atomic E-state index is -0.1000. The lowest BCUT2D eigenvalue weighted by atomic mass is 9.81. The third-order valence-corrected chi connectivity index (χ3v) is 14.0. The summed E-state index contributed by atoms with van der Waals surface area (Å²) >= 11 is 1.85. The predicted octanol–water partition coefficient (Wildman–Crippen LogP) is 14.9. The van der Waals surface area contributed by atoms with E-state index in [2.05, 4.69) is 212 Å². The second-order valence-electron chi connectivity index (χ2n) is 16.5. The predicted molar refractivity (Wildman–Crippen MR) is 260 cm³/mol. The Hall–Kier alpha value is -7.14. The number of aliphatic imine (C=N–C) groups is 2.